The summed E-state index contributed by atoms with van der Waals surface area (Å²) in [6, 6.07) is 13.3. The second-order valence-corrected chi connectivity index (χ2v) is 6.15. The maximum atomic E-state index is 12.5. The zero-order valence-corrected chi connectivity index (χ0v) is 16.4. The van der Waals surface area contributed by atoms with E-state index >= 15 is 0 Å². The standard InChI is InChI=1S/C21H28N2O4/c1-5-22-15(2)13-23-21(24)17-11-18(25-3)20(19(12-17)26-4)27-14-16-9-7-6-8-10-16/h6-12,15,22H,5,13-14H2,1-4H3,(H,23,24)/t15-/m1/s1. The molecule has 0 aromatic heterocycles. The average Bonchev–Trinajstić information content (AvgIpc) is 2.70. The number of ether oxygens (including phenoxy) is 3. The molecule has 6 nitrogen and oxygen atoms in total. The fourth-order valence-electron chi connectivity index (χ4n) is 2.65. The van der Waals surface area contributed by atoms with Crippen molar-refractivity contribution in [3.63, 3.8) is 0 Å². The van der Waals surface area contributed by atoms with Crippen LogP contribution in [0.3, 0.4) is 0 Å². The Morgan fingerprint density at radius 2 is 1.70 bits per heavy atom. The Bertz CT molecular complexity index is 709. The summed E-state index contributed by atoms with van der Waals surface area (Å²) in [5.41, 5.74) is 1.49. The molecule has 27 heavy (non-hydrogen) atoms. The predicted molar refractivity (Wildman–Crippen MR) is 106 cm³/mol. The van der Waals surface area contributed by atoms with Gasteiger partial charge >= 0.3 is 0 Å². The van der Waals surface area contributed by atoms with Crippen molar-refractivity contribution in [2.24, 2.45) is 0 Å². The van der Waals surface area contributed by atoms with Crippen LogP contribution in [0.1, 0.15) is 29.8 Å². The largest absolute Gasteiger partial charge is 0.493 e. The molecule has 0 aliphatic heterocycles. The molecule has 1 atom stereocenters. The summed E-state index contributed by atoms with van der Waals surface area (Å²) in [7, 11) is 3.08. The number of hydrogen-bond acceptors (Lipinski definition) is 5. The van der Waals surface area contributed by atoms with E-state index in [9.17, 15) is 4.79 Å². The molecule has 0 bridgehead atoms. The van der Waals surface area contributed by atoms with E-state index in [1.165, 1.54) is 0 Å². The Labute approximate surface area is 160 Å². The van der Waals surface area contributed by atoms with E-state index in [0.29, 0.717) is 36.0 Å². The lowest BCUT2D eigenvalue weighted by molar-refractivity contribution is 0.0949. The second-order valence-electron chi connectivity index (χ2n) is 6.15. The van der Waals surface area contributed by atoms with Crippen LogP contribution >= 0.6 is 0 Å². The van der Waals surface area contributed by atoms with Crippen LogP contribution in [0.4, 0.5) is 0 Å². The summed E-state index contributed by atoms with van der Waals surface area (Å²) in [5, 5.41) is 6.16. The summed E-state index contributed by atoms with van der Waals surface area (Å²) in [6.07, 6.45) is 0. The van der Waals surface area contributed by atoms with Crippen LogP contribution in [-0.4, -0.2) is 39.3 Å². The van der Waals surface area contributed by atoms with Gasteiger partial charge in [-0.15, -0.1) is 0 Å². The minimum Gasteiger partial charge on any atom is -0.493 e. The van der Waals surface area contributed by atoms with Gasteiger partial charge in [0.05, 0.1) is 14.2 Å². The smallest absolute Gasteiger partial charge is 0.251 e. The predicted octanol–water partition coefficient (Wildman–Crippen LogP) is 3.01. The molecule has 0 saturated carbocycles. The van der Waals surface area contributed by atoms with Gasteiger partial charge in [-0.25, -0.2) is 0 Å². The van der Waals surface area contributed by atoms with Crippen molar-refractivity contribution < 1.29 is 19.0 Å². The first-order valence-electron chi connectivity index (χ1n) is 9.03. The fourth-order valence-corrected chi connectivity index (χ4v) is 2.65. The molecule has 2 rings (SSSR count). The highest BCUT2D eigenvalue weighted by Gasteiger charge is 2.18. The van der Waals surface area contributed by atoms with Crippen molar-refractivity contribution >= 4 is 5.91 Å². The number of nitrogens with one attached hydrogen (secondary N) is 2. The summed E-state index contributed by atoms with van der Waals surface area (Å²) in [4.78, 5) is 12.5. The van der Waals surface area contributed by atoms with Crippen LogP contribution in [0.5, 0.6) is 17.2 Å². The number of carbonyl (C=O) groups is 1. The Hall–Kier alpha value is -2.73. The number of likely N-dealkylation sites (N-methyl/N-ethyl adjacent to an activating group) is 1. The molecule has 0 aliphatic rings. The van der Waals surface area contributed by atoms with Crippen molar-refractivity contribution in [3.05, 3.63) is 53.6 Å². The Kier molecular flexibility index (Phi) is 7.95. The zero-order chi connectivity index (χ0) is 19.6. The molecular weight excluding hydrogens is 344 g/mol. The van der Waals surface area contributed by atoms with Gasteiger partial charge in [0.1, 0.15) is 6.61 Å². The van der Waals surface area contributed by atoms with E-state index in [0.717, 1.165) is 12.1 Å². The molecule has 2 aromatic rings. The van der Waals surface area contributed by atoms with Gasteiger partial charge in [-0.05, 0) is 31.2 Å². The third-order valence-corrected chi connectivity index (χ3v) is 4.07. The lowest BCUT2D eigenvalue weighted by Crippen LogP contribution is -2.38. The molecule has 0 spiro atoms. The second kappa shape index (κ2) is 10.4. The van der Waals surface area contributed by atoms with Gasteiger partial charge in [-0.3, -0.25) is 4.79 Å². The number of benzene rings is 2. The first kappa shape index (κ1) is 20.6. The maximum absolute atomic E-state index is 12.5. The van der Waals surface area contributed by atoms with E-state index in [1.54, 1.807) is 26.4 Å². The zero-order valence-electron chi connectivity index (χ0n) is 16.4. The van der Waals surface area contributed by atoms with Gasteiger partial charge in [0.2, 0.25) is 5.75 Å². The SMILES string of the molecule is CCN[C@H](C)CNC(=O)c1cc(OC)c(OCc2ccccc2)c(OC)c1. The molecule has 0 fully saturated rings. The molecule has 0 heterocycles. The van der Waals surface area contributed by atoms with Crippen LogP contribution in [-0.2, 0) is 6.61 Å². The Morgan fingerprint density at radius 1 is 1.07 bits per heavy atom. The number of carbonyl (C=O) groups excluding carboxylic acids is 1. The Morgan fingerprint density at radius 3 is 2.26 bits per heavy atom. The van der Waals surface area contributed by atoms with Crippen LogP contribution < -0.4 is 24.8 Å². The first-order chi connectivity index (χ1) is 13.1. The van der Waals surface area contributed by atoms with Crippen molar-refractivity contribution in [1.29, 1.82) is 0 Å². The van der Waals surface area contributed by atoms with E-state index in [2.05, 4.69) is 10.6 Å². The maximum Gasteiger partial charge on any atom is 0.251 e. The highest BCUT2D eigenvalue weighted by molar-refractivity contribution is 5.95. The molecular formula is C21H28N2O4. The fraction of sp³-hybridized carbons (Fsp3) is 0.381. The number of rotatable bonds is 10. The minimum atomic E-state index is -0.189. The van der Waals surface area contributed by atoms with Crippen molar-refractivity contribution in [3.8, 4) is 17.2 Å². The molecule has 2 N–H and O–H groups in total. The summed E-state index contributed by atoms with van der Waals surface area (Å²) in [6.45, 7) is 5.81. The summed E-state index contributed by atoms with van der Waals surface area (Å²) < 4.78 is 16.8. The molecule has 2 aromatic carbocycles. The van der Waals surface area contributed by atoms with Crippen LogP contribution in [0.25, 0.3) is 0 Å². The third-order valence-electron chi connectivity index (χ3n) is 4.07. The summed E-state index contributed by atoms with van der Waals surface area (Å²) >= 11 is 0. The third kappa shape index (κ3) is 5.89. The van der Waals surface area contributed by atoms with Gasteiger partial charge in [0.15, 0.2) is 11.5 Å². The van der Waals surface area contributed by atoms with Crippen LogP contribution in [0, 0.1) is 0 Å². The van der Waals surface area contributed by atoms with Crippen molar-refractivity contribution in [2.75, 3.05) is 27.3 Å². The average molecular weight is 372 g/mol. The molecule has 6 heteroatoms. The van der Waals surface area contributed by atoms with E-state index in [-0.39, 0.29) is 11.9 Å². The lowest BCUT2D eigenvalue weighted by atomic mass is 10.1. The molecule has 1 amide bonds. The number of amides is 1. The Balaban J connectivity index is 2.15. The highest BCUT2D eigenvalue weighted by atomic mass is 16.5. The molecule has 0 unspecified atom stereocenters. The van der Waals surface area contributed by atoms with E-state index in [1.807, 2.05) is 44.2 Å². The van der Waals surface area contributed by atoms with Gasteiger partial charge in [0.25, 0.3) is 5.91 Å². The normalized spacial score (nSPS) is 11.6. The van der Waals surface area contributed by atoms with Gasteiger partial charge < -0.3 is 24.8 Å². The van der Waals surface area contributed by atoms with Gasteiger partial charge in [0, 0.05) is 18.2 Å². The van der Waals surface area contributed by atoms with Gasteiger partial charge in [-0.2, -0.15) is 0 Å². The molecule has 146 valence electrons. The van der Waals surface area contributed by atoms with Crippen LogP contribution in [0.15, 0.2) is 42.5 Å². The quantitative estimate of drug-likeness (QED) is 0.671. The van der Waals surface area contributed by atoms with E-state index < -0.39 is 0 Å². The first-order valence-corrected chi connectivity index (χ1v) is 9.03. The number of hydrogen-bond donors (Lipinski definition) is 2. The van der Waals surface area contributed by atoms with Crippen LogP contribution in [0.2, 0.25) is 0 Å². The molecule has 0 radical (unpaired) electrons. The van der Waals surface area contributed by atoms with Crippen molar-refractivity contribution in [1.82, 2.24) is 10.6 Å². The van der Waals surface area contributed by atoms with E-state index in [4.69, 9.17) is 14.2 Å². The topological polar surface area (TPSA) is 68.8 Å². The van der Waals surface area contributed by atoms with Gasteiger partial charge in [-0.1, -0.05) is 37.3 Å². The number of methoxy groups -OCH3 is 2. The highest BCUT2D eigenvalue weighted by Crippen LogP contribution is 2.39. The minimum absolute atomic E-state index is 0.189. The lowest BCUT2D eigenvalue weighted by Gasteiger charge is -2.17. The molecule has 0 saturated heterocycles. The molecule has 0 aliphatic carbocycles. The van der Waals surface area contributed by atoms with Crippen molar-refractivity contribution in [2.45, 2.75) is 26.5 Å². The summed E-state index contributed by atoms with van der Waals surface area (Å²) in [5.74, 6) is 1.19. The monoisotopic (exact) mass is 372 g/mol.